The molecule has 31 heavy (non-hydrogen) atoms. The molecule has 0 saturated heterocycles. The SMILES string of the molecule is CCn1c(CCC(=O)Nc2ccccc2)nnc1SCC(=O)Nc1ccc(C)cc1C. The molecule has 1 aromatic heterocycles. The van der Waals surface area contributed by atoms with Crippen LogP contribution < -0.4 is 10.6 Å². The van der Waals surface area contributed by atoms with Crippen molar-refractivity contribution in [2.75, 3.05) is 16.4 Å². The van der Waals surface area contributed by atoms with Crippen LogP contribution in [-0.4, -0.2) is 32.3 Å². The Hall–Kier alpha value is -3.13. The van der Waals surface area contributed by atoms with Crippen LogP contribution in [0.2, 0.25) is 0 Å². The van der Waals surface area contributed by atoms with Crippen LogP contribution >= 0.6 is 11.8 Å². The summed E-state index contributed by atoms with van der Waals surface area (Å²) in [7, 11) is 0. The number of nitrogens with one attached hydrogen (secondary N) is 2. The van der Waals surface area contributed by atoms with E-state index in [4.69, 9.17) is 0 Å². The normalized spacial score (nSPS) is 10.7. The van der Waals surface area contributed by atoms with E-state index in [1.165, 1.54) is 11.8 Å². The summed E-state index contributed by atoms with van der Waals surface area (Å²) in [5, 5.41) is 14.9. The van der Waals surface area contributed by atoms with Gasteiger partial charge in [0.1, 0.15) is 5.82 Å². The highest BCUT2D eigenvalue weighted by Gasteiger charge is 2.15. The van der Waals surface area contributed by atoms with E-state index < -0.39 is 0 Å². The molecule has 7 nitrogen and oxygen atoms in total. The van der Waals surface area contributed by atoms with Gasteiger partial charge in [-0.05, 0) is 44.5 Å². The van der Waals surface area contributed by atoms with Gasteiger partial charge in [-0.3, -0.25) is 9.59 Å². The lowest BCUT2D eigenvalue weighted by atomic mass is 10.1. The van der Waals surface area contributed by atoms with Crippen LogP contribution in [0.25, 0.3) is 0 Å². The molecule has 3 rings (SSSR count). The number of hydrogen-bond donors (Lipinski definition) is 2. The Balaban J connectivity index is 1.53. The van der Waals surface area contributed by atoms with Crippen LogP contribution in [0.15, 0.2) is 53.7 Å². The number of aromatic nitrogens is 3. The van der Waals surface area contributed by atoms with Crippen LogP contribution in [0.1, 0.15) is 30.3 Å². The topological polar surface area (TPSA) is 88.9 Å². The molecule has 0 radical (unpaired) electrons. The van der Waals surface area contributed by atoms with Crippen molar-refractivity contribution in [1.29, 1.82) is 0 Å². The third-order valence-corrected chi connectivity index (χ3v) is 5.70. The van der Waals surface area contributed by atoms with Gasteiger partial charge in [0.2, 0.25) is 11.8 Å². The molecule has 0 bridgehead atoms. The molecule has 3 aromatic rings. The van der Waals surface area contributed by atoms with Gasteiger partial charge in [0.05, 0.1) is 5.75 Å². The molecule has 0 atom stereocenters. The summed E-state index contributed by atoms with van der Waals surface area (Å²) in [5.74, 6) is 0.813. The molecule has 0 aliphatic carbocycles. The van der Waals surface area contributed by atoms with E-state index >= 15 is 0 Å². The van der Waals surface area contributed by atoms with E-state index in [0.717, 1.165) is 28.3 Å². The first kappa shape index (κ1) is 22.6. The van der Waals surface area contributed by atoms with Crippen molar-refractivity contribution < 1.29 is 9.59 Å². The first-order valence-electron chi connectivity index (χ1n) is 10.2. The van der Waals surface area contributed by atoms with Crippen LogP contribution in [0.3, 0.4) is 0 Å². The van der Waals surface area contributed by atoms with E-state index in [1.807, 2.05) is 73.9 Å². The molecule has 0 spiro atoms. The second kappa shape index (κ2) is 10.8. The summed E-state index contributed by atoms with van der Waals surface area (Å²) >= 11 is 1.34. The number of para-hydroxylation sites is 1. The quantitative estimate of drug-likeness (QED) is 0.490. The second-order valence-electron chi connectivity index (χ2n) is 7.21. The molecule has 0 saturated carbocycles. The number of amides is 2. The Morgan fingerprint density at radius 1 is 1.00 bits per heavy atom. The largest absolute Gasteiger partial charge is 0.326 e. The van der Waals surface area contributed by atoms with Crippen molar-refractivity contribution in [1.82, 2.24) is 14.8 Å². The highest BCUT2D eigenvalue weighted by molar-refractivity contribution is 7.99. The van der Waals surface area contributed by atoms with Crippen molar-refractivity contribution in [3.8, 4) is 0 Å². The highest BCUT2D eigenvalue weighted by atomic mass is 32.2. The highest BCUT2D eigenvalue weighted by Crippen LogP contribution is 2.20. The minimum Gasteiger partial charge on any atom is -0.326 e. The lowest BCUT2D eigenvalue weighted by Crippen LogP contribution is -2.16. The molecular weight excluding hydrogens is 410 g/mol. The van der Waals surface area contributed by atoms with E-state index in [9.17, 15) is 9.59 Å². The maximum atomic E-state index is 12.4. The molecule has 162 valence electrons. The number of aryl methyl sites for hydroxylation is 3. The molecule has 2 N–H and O–H groups in total. The number of anilines is 2. The fraction of sp³-hybridized carbons (Fsp3) is 0.304. The molecule has 2 amide bonds. The number of benzene rings is 2. The van der Waals surface area contributed by atoms with Crippen LogP contribution in [0.5, 0.6) is 0 Å². The maximum absolute atomic E-state index is 12.4. The Morgan fingerprint density at radius 2 is 1.77 bits per heavy atom. The molecule has 2 aromatic carbocycles. The smallest absolute Gasteiger partial charge is 0.234 e. The van der Waals surface area contributed by atoms with Gasteiger partial charge in [-0.2, -0.15) is 0 Å². The van der Waals surface area contributed by atoms with Crippen LogP contribution in [0, 0.1) is 13.8 Å². The van der Waals surface area contributed by atoms with Gasteiger partial charge in [-0.25, -0.2) is 0 Å². The minimum atomic E-state index is -0.0913. The molecular formula is C23H27N5O2S. The third kappa shape index (κ3) is 6.42. The van der Waals surface area contributed by atoms with Crippen molar-refractivity contribution in [2.24, 2.45) is 0 Å². The molecule has 0 aliphatic rings. The lowest BCUT2D eigenvalue weighted by Gasteiger charge is -2.10. The van der Waals surface area contributed by atoms with Gasteiger partial charge in [0.25, 0.3) is 0 Å². The maximum Gasteiger partial charge on any atom is 0.234 e. The number of hydrogen-bond acceptors (Lipinski definition) is 5. The molecule has 0 aliphatic heterocycles. The van der Waals surface area contributed by atoms with Crippen molar-refractivity contribution in [2.45, 2.75) is 45.3 Å². The fourth-order valence-corrected chi connectivity index (χ4v) is 3.99. The average molecular weight is 438 g/mol. The van der Waals surface area contributed by atoms with E-state index in [2.05, 4.69) is 20.8 Å². The monoisotopic (exact) mass is 437 g/mol. The number of carbonyl (C=O) groups is 2. The summed E-state index contributed by atoms with van der Waals surface area (Å²) in [6, 6.07) is 15.3. The summed E-state index contributed by atoms with van der Waals surface area (Å²) in [6.45, 7) is 6.67. The first-order valence-corrected chi connectivity index (χ1v) is 11.2. The number of rotatable bonds is 9. The van der Waals surface area contributed by atoms with Gasteiger partial charge >= 0.3 is 0 Å². The predicted molar refractivity (Wildman–Crippen MR) is 124 cm³/mol. The minimum absolute atomic E-state index is 0.0705. The lowest BCUT2D eigenvalue weighted by molar-refractivity contribution is -0.116. The summed E-state index contributed by atoms with van der Waals surface area (Å²) in [5.41, 5.74) is 3.78. The van der Waals surface area contributed by atoms with Crippen molar-refractivity contribution in [3.63, 3.8) is 0 Å². The van der Waals surface area contributed by atoms with Crippen molar-refractivity contribution in [3.05, 3.63) is 65.5 Å². The molecule has 1 heterocycles. The summed E-state index contributed by atoms with van der Waals surface area (Å²) < 4.78 is 1.95. The summed E-state index contributed by atoms with van der Waals surface area (Å²) in [4.78, 5) is 24.6. The van der Waals surface area contributed by atoms with Gasteiger partial charge in [-0.1, -0.05) is 47.7 Å². The average Bonchev–Trinajstić information content (AvgIpc) is 3.15. The Bertz CT molecular complexity index is 1050. The van der Waals surface area contributed by atoms with Crippen LogP contribution in [-0.2, 0) is 22.6 Å². The second-order valence-corrected chi connectivity index (χ2v) is 8.15. The standard InChI is InChI=1S/C23H27N5O2S/c1-4-28-20(12-13-21(29)24-18-8-6-5-7-9-18)26-27-23(28)31-15-22(30)25-19-11-10-16(2)14-17(19)3/h5-11,14H,4,12-13,15H2,1-3H3,(H,24,29)(H,25,30). The first-order chi connectivity index (χ1) is 15.0. The number of thioether (sulfide) groups is 1. The summed E-state index contributed by atoms with van der Waals surface area (Å²) in [6.07, 6.45) is 0.791. The van der Waals surface area contributed by atoms with Gasteiger partial charge in [0, 0.05) is 30.8 Å². The van der Waals surface area contributed by atoms with Crippen LogP contribution in [0.4, 0.5) is 11.4 Å². The Labute approximate surface area is 186 Å². The van der Waals surface area contributed by atoms with E-state index in [1.54, 1.807) is 0 Å². The van der Waals surface area contributed by atoms with Gasteiger partial charge < -0.3 is 15.2 Å². The predicted octanol–water partition coefficient (Wildman–Crippen LogP) is 4.22. The Kier molecular flexibility index (Phi) is 7.83. The zero-order valence-electron chi connectivity index (χ0n) is 18.0. The Morgan fingerprint density at radius 3 is 2.48 bits per heavy atom. The molecule has 0 fully saturated rings. The number of carbonyl (C=O) groups excluding carboxylic acids is 2. The van der Waals surface area contributed by atoms with E-state index in [-0.39, 0.29) is 17.6 Å². The van der Waals surface area contributed by atoms with E-state index in [0.29, 0.717) is 24.5 Å². The van der Waals surface area contributed by atoms with Gasteiger partial charge in [-0.15, -0.1) is 10.2 Å². The zero-order valence-corrected chi connectivity index (χ0v) is 18.8. The number of nitrogens with zero attached hydrogens (tertiary/aromatic N) is 3. The zero-order chi connectivity index (χ0) is 22.2. The van der Waals surface area contributed by atoms with Gasteiger partial charge in [0.15, 0.2) is 5.16 Å². The van der Waals surface area contributed by atoms with Crippen molar-refractivity contribution >= 4 is 35.0 Å². The molecule has 8 heteroatoms. The fourth-order valence-electron chi connectivity index (χ4n) is 3.17. The molecule has 0 unspecified atom stereocenters. The third-order valence-electron chi connectivity index (χ3n) is 4.73.